The van der Waals surface area contributed by atoms with E-state index in [1.165, 1.54) is 23.5 Å². The average molecular weight is 374 g/mol. The topological polar surface area (TPSA) is 89.8 Å². The number of methoxy groups -OCH3 is 1. The van der Waals surface area contributed by atoms with Crippen LogP contribution in [-0.4, -0.2) is 37.8 Å². The van der Waals surface area contributed by atoms with Crippen LogP contribution >= 0.6 is 0 Å². The largest absolute Gasteiger partial charge is 0.497 e. The highest BCUT2D eigenvalue weighted by Crippen LogP contribution is 2.32. The third-order valence-corrected chi connectivity index (χ3v) is 6.21. The zero-order valence-corrected chi connectivity index (χ0v) is 15.0. The van der Waals surface area contributed by atoms with Gasteiger partial charge in [-0.3, -0.25) is 10.1 Å². The number of nitrogens with zero attached hydrogens (tertiary/aromatic N) is 2. The van der Waals surface area contributed by atoms with Crippen molar-refractivity contribution in [3.05, 3.63) is 70.3 Å². The maximum absolute atomic E-state index is 12.9. The second kappa shape index (κ2) is 7.27. The van der Waals surface area contributed by atoms with E-state index >= 15 is 0 Å². The number of benzene rings is 2. The van der Waals surface area contributed by atoms with E-state index in [0.717, 1.165) is 17.2 Å². The van der Waals surface area contributed by atoms with Crippen LogP contribution in [0.2, 0.25) is 0 Å². The van der Waals surface area contributed by atoms with E-state index in [4.69, 9.17) is 4.74 Å². The molecule has 0 atom stereocenters. The van der Waals surface area contributed by atoms with Crippen LogP contribution in [0.5, 0.6) is 5.75 Å². The van der Waals surface area contributed by atoms with Crippen LogP contribution in [0.4, 0.5) is 5.69 Å². The molecule has 0 aliphatic carbocycles. The van der Waals surface area contributed by atoms with Crippen molar-refractivity contribution < 1.29 is 18.1 Å². The van der Waals surface area contributed by atoms with Crippen molar-refractivity contribution in [2.24, 2.45) is 0 Å². The molecule has 2 aromatic rings. The first-order chi connectivity index (χ1) is 12.4. The van der Waals surface area contributed by atoms with E-state index in [1.54, 1.807) is 0 Å². The summed E-state index contributed by atoms with van der Waals surface area (Å²) in [5.74, 6) is 0.237. The summed E-state index contributed by atoms with van der Waals surface area (Å²) in [4.78, 5) is 10.3. The van der Waals surface area contributed by atoms with Gasteiger partial charge < -0.3 is 4.74 Å². The van der Waals surface area contributed by atoms with Gasteiger partial charge in [-0.05, 0) is 29.7 Å². The smallest absolute Gasteiger partial charge is 0.293 e. The van der Waals surface area contributed by atoms with Crippen molar-refractivity contribution in [1.82, 2.24) is 4.31 Å². The lowest BCUT2D eigenvalue weighted by molar-refractivity contribution is -0.387. The number of ether oxygens (including phenoxy) is 1. The van der Waals surface area contributed by atoms with Crippen molar-refractivity contribution in [2.45, 2.75) is 11.3 Å². The molecule has 1 heterocycles. The molecule has 1 aliphatic heterocycles. The molecule has 1 aliphatic rings. The first kappa shape index (κ1) is 18.1. The van der Waals surface area contributed by atoms with E-state index in [-0.39, 0.29) is 23.7 Å². The van der Waals surface area contributed by atoms with Gasteiger partial charge >= 0.3 is 0 Å². The fraction of sp³-hybridized carbons (Fsp3) is 0.222. The fourth-order valence-corrected chi connectivity index (χ4v) is 4.43. The Labute approximate surface area is 151 Å². The summed E-state index contributed by atoms with van der Waals surface area (Å²) >= 11 is 0. The Bertz CT molecular complexity index is 955. The quantitative estimate of drug-likeness (QED) is 0.593. The van der Waals surface area contributed by atoms with E-state index in [1.807, 2.05) is 36.4 Å². The number of hydrogen-bond acceptors (Lipinski definition) is 5. The fourth-order valence-electron chi connectivity index (χ4n) is 2.91. The van der Waals surface area contributed by atoms with Crippen LogP contribution in [0.15, 0.2) is 59.5 Å². The van der Waals surface area contributed by atoms with Gasteiger partial charge in [0.05, 0.1) is 18.1 Å². The Morgan fingerprint density at radius 1 is 1.15 bits per heavy atom. The third kappa shape index (κ3) is 3.47. The summed E-state index contributed by atoms with van der Waals surface area (Å²) in [5, 5.41) is 11.3. The molecule has 0 aromatic heterocycles. The Kier molecular flexibility index (Phi) is 5.06. The molecule has 0 saturated carbocycles. The van der Waals surface area contributed by atoms with Gasteiger partial charge in [0, 0.05) is 13.1 Å². The molecule has 0 spiro atoms. The Hall–Kier alpha value is -2.71. The summed E-state index contributed by atoms with van der Waals surface area (Å²) in [5.41, 5.74) is 1.64. The monoisotopic (exact) mass is 374 g/mol. The van der Waals surface area contributed by atoms with E-state index in [0.29, 0.717) is 6.42 Å². The Morgan fingerprint density at radius 3 is 2.46 bits per heavy atom. The molecule has 0 saturated heterocycles. The van der Waals surface area contributed by atoms with Crippen LogP contribution in [-0.2, 0) is 10.0 Å². The minimum Gasteiger partial charge on any atom is -0.497 e. The maximum Gasteiger partial charge on any atom is 0.293 e. The van der Waals surface area contributed by atoms with Gasteiger partial charge in [0.15, 0.2) is 4.90 Å². The summed E-state index contributed by atoms with van der Waals surface area (Å²) in [6.07, 6.45) is 2.40. The maximum atomic E-state index is 12.9. The molecule has 7 nitrogen and oxygen atoms in total. The van der Waals surface area contributed by atoms with Gasteiger partial charge in [-0.2, -0.15) is 4.31 Å². The lowest BCUT2D eigenvalue weighted by Gasteiger charge is -2.26. The summed E-state index contributed by atoms with van der Waals surface area (Å²) in [6, 6.07) is 13.5. The van der Waals surface area contributed by atoms with Crippen LogP contribution in [0.3, 0.4) is 0 Å². The Morgan fingerprint density at radius 2 is 1.88 bits per heavy atom. The predicted molar refractivity (Wildman–Crippen MR) is 97.4 cm³/mol. The molecule has 0 fully saturated rings. The number of nitro benzene ring substituents is 1. The summed E-state index contributed by atoms with van der Waals surface area (Å²) in [7, 11) is -2.61. The van der Waals surface area contributed by atoms with E-state index in [9.17, 15) is 18.5 Å². The highest BCUT2D eigenvalue weighted by atomic mass is 32.2. The number of nitro groups is 1. The molecule has 0 radical (unpaired) electrons. The Balaban J connectivity index is 1.91. The van der Waals surface area contributed by atoms with Gasteiger partial charge in [0.1, 0.15) is 5.75 Å². The number of sulfonamides is 1. The van der Waals surface area contributed by atoms with Crippen LogP contribution < -0.4 is 4.74 Å². The molecule has 2 aromatic carbocycles. The first-order valence-electron chi connectivity index (χ1n) is 8.00. The number of hydrogen-bond donors (Lipinski definition) is 0. The highest BCUT2D eigenvalue weighted by Gasteiger charge is 2.33. The van der Waals surface area contributed by atoms with E-state index in [2.05, 4.69) is 0 Å². The molecule has 0 unspecified atom stereocenters. The van der Waals surface area contributed by atoms with Crippen molar-refractivity contribution in [1.29, 1.82) is 0 Å². The summed E-state index contributed by atoms with van der Waals surface area (Å²) < 4.78 is 32.0. The SMILES string of the molecule is COc1ccc(S(=O)(=O)N2CC=C(c3ccccc3)CC2)c([N+](=O)[O-])c1. The highest BCUT2D eigenvalue weighted by molar-refractivity contribution is 7.89. The van der Waals surface area contributed by atoms with Gasteiger partial charge in [0.25, 0.3) is 5.69 Å². The van der Waals surface area contributed by atoms with Crippen molar-refractivity contribution in [3.63, 3.8) is 0 Å². The molecular formula is C18H18N2O5S. The molecule has 3 rings (SSSR count). The minimum absolute atomic E-state index is 0.176. The van der Waals surface area contributed by atoms with Crippen LogP contribution in [0, 0.1) is 10.1 Å². The zero-order chi connectivity index (χ0) is 18.7. The molecule has 0 amide bonds. The molecule has 8 heteroatoms. The van der Waals surface area contributed by atoms with Crippen molar-refractivity contribution in [2.75, 3.05) is 20.2 Å². The third-order valence-electron chi connectivity index (χ3n) is 4.30. The minimum atomic E-state index is -3.98. The molecular weight excluding hydrogens is 356 g/mol. The molecule has 0 N–H and O–H groups in total. The average Bonchev–Trinajstić information content (AvgIpc) is 2.68. The first-order valence-corrected chi connectivity index (χ1v) is 9.44. The lowest BCUT2D eigenvalue weighted by Crippen LogP contribution is -2.35. The second-order valence-corrected chi connectivity index (χ2v) is 7.71. The summed E-state index contributed by atoms with van der Waals surface area (Å²) in [6.45, 7) is 0.446. The molecule has 0 bridgehead atoms. The predicted octanol–water partition coefficient (Wildman–Crippen LogP) is 3.08. The van der Waals surface area contributed by atoms with Crippen LogP contribution in [0.1, 0.15) is 12.0 Å². The van der Waals surface area contributed by atoms with Crippen molar-refractivity contribution in [3.8, 4) is 5.75 Å². The molecule has 26 heavy (non-hydrogen) atoms. The lowest BCUT2D eigenvalue weighted by atomic mass is 10.0. The zero-order valence-electron chi connectivity index (χ0n) is 14.2. The van der Waals surface area contributed by atoms with Gasteiger partial charge in [-0.1, -0.05) is 36.4 Å². The number of rotatable bonds is 5. The van der Waals surface area contributed by atoms with E-state index < -0.39 is 20.6 Å². The molecule has 136 valence electrons. The van der Waals surface area contributed by atoms with Gasteiger partial charge in [-0.15, -0.1) is 0 Å². The van der Waals surface area contributed by atoms with Gasteiger partial charge in [-0.25, -0.2) is 8.42 Å². The second-order valence-electron chi connectivity index (χ2n) is 5.80. The standard InChI is InChI=1S/C18H18N2O5S/c1-25-16-7-8-18(17(13-16)20(21)22)26(23,24)19-11-9-15(10-12-19)14-5-3-2-4-6-14/h2-9,13H,10-12H2,1H3. The van der Waals surface area contributed by atoms with Gasteiger partial charge in [0.2, 0.25) is 10.0 Å². The van der Waals surface area contributed by atoms with Crippen LogP contribution in [0.25, 0.3) is 5.57 Å². The van der Waals surface area contributed by atoms with Crippen molar-refractivity contribution >= 4 is 21.3 Å². The normalized spacial score (nSPS) is 15.3.